The van der Waals surface area contributed by atoms with Crippen molar-refractivity contribution in [3.05, 3.63) is 41.5 Å². The van der Waals surface area contributed by atoms with Crippen LogP contribution in [-0.4, -0.2) is 61.1 Å². The lowest BCUT2D eigenvalue weighted by atomic mass is 10.0. The minimum Gasteiger partial charge on any atom is -0.493 e. The molecule has 0 aliphatic carbocycles. The summed E-state index contributed by atoms with van der Waals surface area (Å²) in [7, 11) is 2.88. The number of esters is 1. The van der Waals surface area contributed by atoms with Crippen LogP contribution in [0.4, 0.5) is 11.4 Å². The van der Waals surface area contributed by atoms with Crippen LogP contribution in [0.25, 0.3) is 0 Å². The molecular weight excluding hydrogens is 508 g/mol. The summed E-state index contributed by atoms with van der Waals surface area (Å²) in [6.45, 7) is 5.10. The molecule has 0 aromatic heterocycles. The molecule has 2 heterocycles. The number of nitrogens with one attached hydrogen (secondary N) is 1. The molecule has 0 spiro atoms. The third-order valence-electron chi connectivity index (χ3n) is 6.03. The van der Waals surface area contributed by atoms with E-state index in [0.29, 0.717) is 22.5 Å². The van der Waals surface area contributed by atoms with Gasteiger partial charge in [-0.05, 0) is 39.3 Å². The Balaban J connectivity index is 1.55. The molecule has 206 valence electrons. The summed E-state index contributed by atoms with van der Waals surface area (Å²) >= 11 is 0. The molecule has 3 amide bonds. The molecule has 0 bridgehead atoms. The van der Waals surface area contributed by atoms with Gasteiger partial charge in [-0.3, -0.25) is 19.7 Å². The van der Waals surface area contributed by atoms with E-state index in [9.17, 15) is 19.2 Å². The fourth-order valence-electron chi connectivity index (χ4n) is 4.34. The van der Waals surface area contributed by atoms with Gasteiger partial charge in [0.05, 0.1) is 25.6 Å². The monoisotopic (exact) mass is 538 g/mol. The van der Waals surface area contributed by atoms with Gasteiger partial charge < -0.3 is 23.8 Å². The van der Waals surface area contributed by atoms with E-state index in [1.807, 2.05) is 0 Å². The first kappa shape index (κ1) is 27.6. The number of hydrogen-bond donors (Lipinski definition) is 1. The van der Waals surface area contributed by atoms with Crippen molar-refractivity contribution in [3.8, 4) is 17.2 Å². The van der Waals surface area contributed by atoms with Crippen LogP contribution in [0.15, 0.2) is 40.6 Å². The van der Waals surface area contributed by atoms with Crippen LogP contribution in [0.1, 0.15) is 49.5 Å². The second-order valence-corrected chi connectivity index (χ2v) is 9.96. The number of carbonyl (C=O) groups is 4. The highest BCUT2D eigenvalue weighted by Gasteiger charge is 2.39. The molecule has 2 aromatic carbocycles. The van der Waals surface area contributed by atoms with Gasteiger partial charge in [-0.2, -0.15) is 10.2 Å². The summed E-state index contributed by atoms with van der Waals surface area (Å²) in [6.07, 6.45) is 0.438. The van der Waals surface area contributed by atoms with E-state index in [-0.39, 0.29) is 55.1 Å². The lowest BCUT2D eigenvalue weighted by Crippen LogP contribution is -2.52. The van der Waals surface area contributed by atoms with Crippen molar-refractivity contribution < 1.29 is 38.1 Å². The SMILES string of the molecule is COc1cc(N=Nc2cccc3c2CN(C2CCC(=O)NC2=O)C3=O)cc(OC)c1OCC(=O)OC(C)(C)C. The van der Waals surface area contributed by atoms with Crippen LogP contribution in [0.5, 0.6) is 17.2 Å². The minimum absolute atomic E-state index is 0.166. The summed E-state index contributed by atoms with van der Waals surface area (Å²) < 4.78 is 21.8. The topological polar surface area (TPSA) is 145 Å². The molecule has 4 rings (SSSR count). The van der Waals surface area contributed by atoms with Crippen LogP contribution >= 0.6 is 0 Å². The number of imide groups is 1. The van der Waals surface area contributed by atoms with Crippen molar-refractivity contribution in [1.29, 1.82) is 0 Å². The maximum atomic E-state index is 13.0. The number of piperidine rings is 1. The lowest BCUT2D eigenvalue weighted by Gasteiger charge is -2.29. The Morgan fingerprint density at radius 3 is 2.38 bits per heavy atom. The normalized spacial score (nSPS) is 17.2. The van der Waals surface area contributed by atoms with E-state index in [4.69, 9.17) is 18.9 Å². The number of nitrogens with zero attached hydrogens (tertiary/aromatic N) is 3. The highest BCUT2D eigenvalue weighted by Crippen LogP contribution is 2.42. The van der Waals surface area contributed by atoms with Crippen molar-refractivity contribution in [1.82, 2.24) is 10.2 Å². The number of hydrogen-bond acceptors (Lipinski definition) is 10. The Labute approximate surface area is 225 Å². The molecule has 0 saturated carbocycles. The molecule has 1 fully saturated rings. The molecule has 39 heavy (non-hydrogen) atoms. The Bertz CT molecular complexity index is 1320. The Kier molecular flexibility index (Phi) is 7.84. The average Bonchev–Trinajstić information content (AvgIpc) is 3.21. The predicted octanol–water partition coefficient (Wildman–Crippen LogP) is 3.60. The van der Waals surface area contributed by atoms with Crippen LogP contribution in [0.2, 0.25) is 0 Å². The first-order chi connectivity index (χ1) is 18.5. The van der Waals surface area contributed by atoms with Gasteiger partial charge >= 0.3 is 5.97 Å². The van der Waals surface area contributed by atoms with Crippen LogP contribution in [-0.2, 0) is 25.7 Å². The molecule has 1 saturated heterocycles. The first-order valence-corrected chi connectivity index (χ1v) is 12.3. The van der Waals surface area contributed by atoms with Gasteiger partial charge in [0, 0.05) is 36.2 Å². The Morgan fingerprint density at radius 2 is 1.77 bits per heavy atom. The van der Waals surface area contributed by atoms with Crippen LogP contribution in [0.3, 0.4) is 0 Å². The van der Waals surface area contributed by atoms with Crippen molar-refractivity contribution >= 4 is 35.1 Å². The molecular formula is C27H30N4O8. The Hall–Kier alpha value is -4.48. The molecule has 0 radical (unpaired) electrons. The van der Waals surface area contributed by atoms with Gasteiger partial charge in [0.15, 0.2) is 18.1 Å². The average molecular weight is 539 g/mol. The van der Waals surface area contributed by atoms with Gasteiger partial charge in [0.1, 0.15) is 11.6 Å². The summed E-state index contributed by atoms with van der Waals surface area (Å²) in [5.74, 6) is -0.934. The predicted molar refractivity (Wildman–Crippen MR) is 138 cm³/mol. The molecule has 1 N–H and O–H groups in total. The zero-order valence-electron chi connectivity index (χ0n) is 22.4. The van der Waals surface area contributed by atoms with E-state index in [2.05, 4.69) is 15.5 Å². The fourth-order valence-corrected chi connectivity index (χ4v) is 4.34. The van der Waals surface area contributed by atoms with Crippen molar-refractivity contribution in [2.24, 2.45) is 10.2 Å². The zero-order chi connectivity index (χ0) is 28.3. The number of amides is 3. The van der Waals surface area contributed by atoms with E-state index in [0.717, 1.165) is 0 Å². The fraction of sp³-hybridized carbons (Fsp3) is 0.407. The summed E-state index contributed by atoms with van der Waals surface area (Å²) in [5.41, 5.74) is 1.24. The quantitative estimate of drug-likeness (QED) is 0.305. The lowest BCUT2D eigenvalue weighted by molar-refractivity contribution is -0.157. The van der Waals surface area contributed by atoms with Crippen LogP contribution in [0, 0.1) is 0 Å². The van der Waals surface area contributed by atoms with E-state index in [1.54, 1.807) is 51.1 Å². The Morgan fingerprint density at radius 1 is 1.08 bits per heavy atom. The zero-order valence-corrected chi connectivity index (χ0v) is 22.4. The van der Waals surface area contributed by atoms with Crippen molar-refractivity contribution in [3.63, 3.8) is 0 Å². The summed E-state index contributed by atoms with van der Waals surface area (Å²) in [6, 6.07) is 7.49. The molecule has 2 aromatic rings. The smallest absolute Gasteiger partial charge is 0.344 e. The number of fused-ring (bicyclic) bond motifs is 1. The standard InChI is InChI=1S/C27H30N4O8/c1-27(2,3)39-23(33)14-38-24-20(36-4)11-15(12-21(24)37-5)29-30-18-8-6-7-16-17(18)13-31(26(16)35)19-9-10-22(32)28-25(19)34/h6-8,11-12,19H,9-10,13-14H2,1-5H3,(H,28,32,34). The number of methoxy groups -OCH3 is 2. The minimum atomic E-state index is -0.728. The summed E-state index contributed by atoms with van der Waals surface area (Å²) in [4.78, 5) is 50.5. The summed E-state index contributed by atoms with van der Waals surface area (Å²) in [5, 5.41) is 11.0. The number of azo groups is 1. The number of benzene rings is 2. The van der Waals surface area contributed by atoms with Gasteiger partial charge in [0.25, 0.3) is 5.91 Å². The maximum absolute atomic E-state index is 13.0. The van der Waals surface area contributed by atoms with Gasteiger partial charge in [0.2, 0.25) is 17.6 Å². The molecule has 12 heteroatoms. The maximum Gasteiger partial charge on any atom is 0.344 e. The highest BCUT2D eigenvalue weighted by atomic mass is 16.6. The van der Waals surface area contributed by atoms with Crippen LogP contribution < -0.4 is 19.5 Å². The highest BCUT2D eigenvalue weighted by molar-refractivity contribution is 6.06. The third kappa shape index (κ3) is 6.16. The van der Waals surface area contributed by atoms with E-state index >= 15 is 0 Å². The number of rotatable bonds is 8. The van der Waals surface area contributed by atoms with Crippen molar-refractivity contribution in [2.75, 3.05) is 20.8 Å². The first-order valence-electron chi connectivity index (χ1n) is 12.3. The van der Waals surface area contributed by atoms with Crippen molar-refractivity contribution in [2.45, 2.75) is 51.8 Å². The molecule has 12 nitrogen and oxygen atoms in total. The largest absolute Gasteiger partial charge is 0.493 e. The number of carbonyl (C=O) groups excluding carboxylic acids is 4. The second-order valence-electron chi connectivity index (χ2n) is 9.96. The molecule has 2 aliphatic rings. The molecule has 1 unspecified atom stereocenters. The third-order valence-corrected chi connectivity index (χ3v) is 6.03. The van der Waals surface area contributed by atoms with Gasteiger partial charge in [-0.1, -0.05) is 6.07 Å². The second kappa shape index (κ2) is 11.1. The van der Waals surface area contributed by atoms with E-state index in [1.165, 1.54) is 19.1 Å². The van der Waals surface area contributed by atoms with E-state index < -0.39 is 23.5 Å². The van der Waals surface area contributed by atoms with Gasteiger partial charge in [-0.15, -0.1) is 0 Å². The molecule has 2 aliphatic heterocycles. The molecule has 1 atom stereocenters. The van der Waals surface area contributed by atoms with Gasteiger partial charge in [-0.25, -0.2) is 4.79 Å². The number of ether oxygens (including phenoxy) is 4.